The van der Waals surface area contributed by atoms with Gasteiger partial charge < -0.3 is 14.8 Å². The number of aryl methyl sites for hydroxylation is 1. The number of anilines is 1. The average Bonchev–Trinajstić information content (AvgIpc) is 2.63. The molecule has 0 atom stereocenters. The molecule has 1 N–H and O–H groups in total. The predicted octanol–water partition coefficient (Wildman–Crippen LogP) is 2.72. The van der Waals surface area contributed by atoms with Crippen molar-refractivity contribution in [3.05, 3.63) is 63.9 Å². The Hall–Kier alpha value is -2.92. The van der Waals surface area contributed by atoms with Crippen molar-refractivity contribution in [3.8, 4) is 11.1 Å². The van der Waals surface area contributed by atoms with Crippen LogP contribution in [0.5, 0.6) is 0 Å². The number of nitrogens with one attached hydrogen (secondary N) is 1. The number of ketones is 1. The molecule has 4 rings (SSSR count). The lowest BCUT2D eigenvalue weighted by Crippen LogP contribution is -2.23. The number of nitrogens with zero attached hydrogens (tertiary/aromatic N) is 2. The molecule has 5 nitrogen and oxygen atoms in total. The number of pyridine rings is 1. The van der Waals surface area contributed by atoms with Crippen LogP contribution in [0, 0.1) is 0 Å². The van der Waals surface area contributed by atoms with Gasteiger partial charge in [-0.05, 0) is 37.4 Å². The van der Waals surface area contributed by atoms with E-state index in [-0.39, 0.29) is 11.3 Å². The van der Waals surface area contributed by atoms with Crippen LogP contribution in [0.3, 0.4) is 0 Å². The van der Waals surface area contributed by atoms with E-state index in [0.717, 1.165) is 40.8 Å². The molecule has 0 amide bonds. The number of likely N-dealkylation sites (N-methyl/N-ethyl adjacent to an activating group) is 1. The Balaban J connectivity index is 2.01. The first-order chi connectivity index (χ1) is 12.5. The summed E-state index contributed by atoms with van der Waals surface area (Å²) in [6.45, 7) is 1.60. The second kappa shape index (κ2) is 6.11. The minimum absolute atomic E-state index is 0.00435. The third-order valence-corrected chi connectivity index (χ3v) is 4.98. The SMILES string of the molecule is CN(C)CCNc1ccc2c3c(cc(=O)n2C)-c2ccccc2C(=O)c13. The van der Waals surface area contributed by atoms with Crippen LogP contribution in [-0.4, -0.2) is 42.4 Å². The number of hydrogen-bond donors (Lipinski definition) is 1. The summed E-state index contributed by atoms with van der Waals surface area (Å²) in [5.41, 5.74) is 4.50. The summed E-state index contributed by atoms with van der Waals surface area (Å²) in [6, 6.07) is 13.0. The third-order valence-electron chi connectivity index (χ3n) is 4.98. The summed E-state index contributed by atoms with van der Waals surface area (Å²) in [6.07, 6.45) is 0. The summed E-state index contributed by atoms with van der Waals surface area (Å²) in [5, 5.41) is 4.25. The molecule has 0 spiro atoms. The van der Waals surface area contributed by atoms with Gasteiger partial charge in [0.25, 0.3) is 5.56 Å². The van der Waals surface area contributed by atoms with Crippen molar-refractivity contribution in [2.45, 2.75) is 0 Å². The highest BCUT2D eigenvalue weighted by Crippen LogP contribution is 2.41. The third kappa shape index (κ3) is 2.44. The van der Waals surface area contributed by atoms with Gasteiger partial charge in [-0.25, -0.2) is 0 Å². The molecule has 1 aromatic heterocycles. The van der Waals surface area contributed by atoms with Crippen LogP contribution in [0.1, 0.15) is 15.9 Å². The monoisotopic (exact) mass is 347 g/mol. The van der Waals surface area contributed by atoms with Gasteiger partial charge in [0.15, 0.2) is 5.78 Å². The van der Waals surface area contributed by atoms with Gasteiger partial charge in [0.1, 0.15) is 0 Å². The van der Waals surface area contributed by atoms with Crippen LogP contribution in [0.25, 0.3) is 22.0 Å². The average molecular weight is 347 g/mol. The first-order valence-electron chi connectivity index (χ1n) is 8.68. The number of hydrogen-bond acceptors (Lipinski definition) is 4. The zero-order chi connectivity index (χ0) is 18.4. The topological polar surface area (TPSA) is 54.3 Å². The van der Waals surface area contributed by atoms with Crippen molar-refractivity contribution in [1.82, 2.24) is 9.47 Å². The highest BCUT2D eigenvalue weighted by molar-refractivity contribution is 6.28. The molecular formula is C21H21N3O2. The lowest BCUT2D eigenvalue weighted by molar-refractivity contribution is 0.104. The second-order valence-corrected chi connectivity index (χ2v) is 6.94. The van der Waals surface area contributed by atoms with Crippen molar-refractivity contribution >= 4 is 22.4 Å². The molecule has 1 aliphatic rings. The molecule has 1 aliphatic carbocycles. The number of aromatic nitrogens is 1. The van der Waals surface area contributed by atoms with Crippen LogP contribution in [0.15, 0.2) is 47.3 Å². The van der Waals surface area contributed by atoms with Gasteiger partial charge in [0, 0.05) is 42.8 Å². The van der Waals surface area contributed by atoms with Gasteiger partial charge in [0.2, 0.25) is 0 Å². The van der Waals surface area contributed by atoms with Crippen molar-refractivity contribution in [2.24, 2.45) is 7.05 Å². The maximum Gasteiger partial charge on any atom is 0.251 e. The Morgan fingerprint density at radius 1 is 1.00 bits per heavy atom. The van der Waals surface area contributed by atoms with Crippen molar-refractivity contribution in [3.63, 3.8) is 0 Å². The molecule has 0 radical (unpaired) electrons. The summed E-state index contributed by atoms with van der Waals surface area (Å²) >= 11 is 0. The van der Waals surface area contributed by atoms with Crippen LogP contribution < -0.4 is 10.9 Å². The molecule has 0 saturated heterocycles. The molecule has 0 aliphatic heterocycles. The van der Waals surface area contributed by atoms with Gasteiger partial charge in [0.05, 0.1) is 11.1 Å². The lowest BCUT2D eigenvalue weighted by Gasteiger charge is -2.23. The van der Waals surface area contributed by atoms with E-state index in [4.69, 9.17) is 0 Å². The van der Waals surface area contributed by atoms with Crippen LogP contribution in [0.2, 0.25) is 0 Å². The Labute approximate surface area is 151 Å². The predicted molar refractivity (Wildman–Crippen MR) is 105 cm³/mol. The molecule has 0 bridgehead atoms. The van der Waals surface area contributed by atoms with E-state index in [2.05, 4.69) is 10.2 Å². The molecule has 5 heteroatoms. The zero-order valence-corrected chi connectivity index (χ0v) is 15.2. The van der Waals surface area contributed by atoms with Crippen molar-refractivity contribution in [2.75, 3.05) is 32.5 Å². The number of fused-ring (bicyclic) bond motifs is 2. The summed E-state index contributed by atoms with van der Waals surface area (Å²) in [4.78, 5) is 27.8. The first kappa shape index (κ1) is 16.5. The molecule has 132 valence electrons. The van der Waals surface area contributed by atoms with E-state index in [9.17, 15) is 9.59 Å². The minimum atomic E-state index is -0.0732. The number of benzene rings is 2. The summed E-state index contributed by atoms with van der Waals surface area (Å²) in [7, 11) is 5.78. The molecule has 0 unspecified atom stereocenters. The number of carbonyl (C=O) groups is 1. The van der Waals surface area contributed by atoms with Gasteiger partial charge in [-0.1, -0.05) is 24.3 Å². The smallest absolute Gasteiger partial charge is 0.251 e. The molecule has 0 fully saturated rings. The van der Waals surface area contributed by atoms with Crippen LogP contribution in [0.4, 0.5) is 5.69 Å². The molecule has 0 saturated carbocycles. The zero-order valence-electron chi connectivity index (χ0n) is 15.2. The highest BCUT2D eigenvalue weighted by Gasteiger charge is 2.28. The Morgan fingerprint density at radius 3 is 2.46 bits per heavy atom. The summed E-state index contributed by atoms with van der Waals surface area (Å²) in [5.74, 6) is 0.00435. The number of rotatable bonds is 4. The fraction of sp³-hybridized carbons (Fsp3) is 0.238. The normalized spacial score (nSPS) is 12.5. The fourth-order valence-electron chi connectivity index (χ4n) is 3.62. The fourth-order valence-corrected chi connectivity index (χ4v) is 3.62. The standard InChI is InChI=1S/C21H21N3O2/c1-23(2)11-10-22-16-8-9-17-19-15(12-18(25)24(17)3)13-6-4-5-7-14(13)21(26)20(16)19/h4-9,12,22H,10-11H2,1-3H3. The maximum absolute atomic E-state index is 13.3. The van der Waals surface area contributed by atoms with Crippen LogP contribution >= 0.6 is 0 Å². The highest BCUT2D eigenvalue weighted by atomic mass is 16.1. The van der Waals surface area contributed by atoms with Crippen LogP contribution in [-0.2, 0) is 7.05 Å². The lowest BCUT2D eigenvalue weighted by atomic mass is 9.83. The Morgan fingerprint density at radius 2 is 1.73 bits per heavy atom. The van der Waals surface area contributed by atoms with Gasteiger partial charge in [-0.15, -0.1) is 0 Å². The van der Waals surface area contributed by atoms with E-state index < -0.39 is 0 Å². The Bertz CT molecular complexity index is 1100. The molecular weight excluding hydrogens is 326 g/mol. The first-order valence-corrected chi connectivity index (χ1v) is 8.68. The Kier molecular flexibility index (Phi) is 3.89. The van der Waals surface area contributed by atoms with Gasteiger partial charge in [-0.3, -0.25) is 9.59 Å². The van der Waals surface area contributed by atoms with E-state index in [0.29, 0.717) is 11.1 Å². The number of carbonyl (C=O) groups excluding carboxylic acids is 1. The molecule has 26 heavy (non-hydrogen) atoms. The van der Waals surface area contributed by atoms with E-state index >= 15 is 0 Å². The summed E-state index contributed by atoms with van der Waals surface area (Å²) < 4.78 is 1.60. The largest absolute Gasteiger partial charge is 0.383 e. The molecule has 3 aromatic rings. The van der Waals surface area contributed by atoms with Gasteiger partial charge in [-0.2, -0.15) is 0 Å². The van der Waals surface area contributed by atoms with Gasteiger partial charge >= 0.3 is 0 Å². The maximum atomic E-state index is 13.3. The minimum Gasteiger partial charge on any atom is -0.383 e. The van der Waals surface area contributed by atoms with E-state index in [1.807, 2.05) is 50.5 Å². The molecule has 2 aromatic carbocycles. The quantitative estimate of drug-likeness (QED) is 0.617. The van der Waals surface area contributed by atoms with E-state index in [1.165, 1.54) is 0 Å². The molecule has 1 heterocycles. The van der Waals surface area contributed by atoms with Crippen molar-refractivity contribution < 1.29 is 4.79 Å². The van der Waals surface area contributed by atoms with Crippen molar-refractivity contribution in [1.29, 1.82) is 0 Å². The second-order valence-electron chi connectivity index (χ2n) is 6.94. The van der Waals surface area contributed by atoms with E-state index in [1.54, 1.807) is 17.7 Å².